The van der Waals surface area contributed by atoms with Crippen molar-refractivity contribution in [2.45, 2.75) is 32.9 Å². The van der Waals surface area contributed by atoms with Gasteiger partial charge in [0.2, 0.25) is 10.0 Å². The van der Waals surface area contributed by atoms with Crippen molar-refractivity contribution in [1.29, 1.82) is 0 Å². The van der Waals surface area contributed by atoms with Crippen molar-refractivity contribution >= 4 is 27.8 Å². The van der Waals surface area contributed by atoms with Crippen molar-refractivity contribution < 1.29 is 22.7 Å². The first-order chi connectivity index (χ1) is 12.9. The molecule has 1 aromatic rings. The van der Waals surface area contributed by atoms with Gasteiger partial charge >= 0.3 is 12.1 Å². The molecule has 2 N–H and O–H groups in total. The zero-order chi connectivity index (χ0) is 20.9. The van der Waals surface area contributed by atoms with E-state index in [1.165, 1.54) is 0 Å². The lowest BCUT2D eigenvalue weighted by Crippen LogP contribution is -2.53. The van der Waals surface area contributed by atoms with Crippen LogP contribution < -0.4 is 10.0 Å². The van der Waals surface area contributed by atoms with Gasteiger partial charge in [0.05, 0.1) is 6.26 Å². The van der Waals surface area contributed by atoms with E-state index in [-0.39, 0.29) is 18.7 Å². The molecular weight excluding hydrogens is 384 g/mol. The first-order valence-electron chi connectivity index (χ1n) is 9.00. The number of anilines is 1. The second-order valence-electron chi connectivity index (χ2n) is 7.69. The average molecular weight is 413 g/mol. The topological polar surface area (TPSA) is 108 Å². The quantitative estimate of drug-likeness (QED) is 0.784. The number of nitrogens with one attached hydrogen (secondary N) is 2. The normalized spacial score (nSPS) is 15.1. The Morgan fingerprint density at radius 2 is 1.71 bits per heavy atom. The van der Waals surface area contributed by atoms with Crippen LogP contribution in [0.15, 0.2) is 24.3 Å². The van der Waals surface area contributed by atoms with E-state index in [4.69, 9.17) is 4.74 Å². The summed E-state index contributed by atoms with van der Waals surface area (Å²) >= 11 is 0. The van der Waals surface area contributed by atoms with Crippen LogP contribution in [0, 0.1) is 0 Å². The summed E-state index contributed by atoms with van der Waals surface area (Å²) in [5.41, 5.74) is 0.668. The zero-order valence-electron chi connectivity index (χ0n) is 16.7. The molecule has 1 aromatic carbocycles. The predicted molar refractivity (Wildman–Crippen MR) is 107 cm³/mol. The molecule has 3 amide bonds. The molecule has 1 saturated heterocycles. The maximum atomic E-state index is 12.4. The number of piperazine rings is 1. The van der Waals surface area contributed by atoms with Crippen molar-refractivity contribution in [1.82, 2.24) is 15.1 Å². The number of hydrogen-bond acceptors (Lipinski definition) is 5. The van der Waals surface area contributed by atoms with Gasteiger partial charge in [-0.1, -0.05) is 12.1 Å². The molecule has 0 saturated carbocycles. The van der Waals surface area contributed by atoms with E-state index in [0.29, 0.717) is 31.9 Å². The fourth-order valence-electron chi connectivity index (χ4n) is 2.67. The molecule has 1 aliphatic rings. The van der Waals surface area contributed by atoms with Crippen LogP contribution in [0.2, 0.25) is 0 Å². The van der Waals surface area contributed by atoms with Crippen LogP contribution in [0.25, 0.3) is 0 Å². The summed E-state index contributed by atoms with van der Waals surface area (Å²) in [4.78, 5) is 27.7. The molecule has 1 heterocycles. The molecule has 0 unspecified atom stereocenters. The van der Waals surface area contributed by atoms with Crippen LogP contribution in [-0.2, 0) is 21.3 Å². The van der Waals surface area contributed by atoms with Crippen molar-refractivity contribution in [3.63, 3.8) is 0 Å². The fraction of sp³-hybridized carbons (Fsp3) is 0.556. The second-order valence-corrected chi connectivity index (χ2v) is 9.44. The Labute approximate surface area is 166 Å². The van der Waals surface area contributed by atoms with E-state index < -0.39 is 15.6 Å². The average Bonchev–Trinajstić information content (AvgIpc) is 2.57. The highest BCUT2D eigenvalue weighted by molar-refractivity contribution is 7.92. The number of hydrogen-bond donors (Lipinski definition) is 2. The second kappa shape index (κ2) is 8.68. The standard InChI is InChI=1S/C18H28N4O5S/c1-18(2,3)27-17(24)22-10-8-21(9-11-22)16(23)19-13-14-6-5-7-15(12-14)20-28(4,25)26/h5-7,12,20H,8-11,13H2,1-4H3,(H,19,23). The molecule has 0 radical (unpaired) electrons. The summed E-state index contributed by atoms with van der Waals surface area (Å²) < 4.78 is 30.4. The molecule has 0 aliphatic carbocycles. The minimum absolute atomic E-state index is 0.231. The van der Waals surface area contributed by atoms with Gasteiger partial charge in [-0.05, 0) is 38.5 Å². The van der Waals surface area contributed by atoms with Crippen LogP contribution in [0.5, 0.6) is 0 Å². The lowest BCUT2D eigenvalue weighted by molar-refractivity contribution is 0.0170. The highest BCUT2D eigenvalue weighted by atomic mass is 32.2. The lowest BCUT2D eigenvalue weighted by Gasteiger charge is -2.35. The third-order valence-electron chi connectivity index (χ3n) is 3.89. The first kappa shape index (κ1) is 21.8. The minimum Gasteiger partial charge on any atom is -0.444 e. The van der Waals surface area contributed by atoms with E-state index in [1.807, 2.05) is 20.8 Å². The van der Waals surface area contributed by atoms with Gasteiger partial charge in [0.25, 0.3) is 0 Å². The van der Waals surface area contributed by atoms with Crippen LogP contribution in [0.3, 0.4) is 0 Å². The maximum Gasteiger partial charge on any atom is 0.410 e. The fourth-order valence-corrected chi connectivity index (χ4v) is 3.22. The summed E-state index contributed by atoms with van der Waals surface area (Å²) in [5.74, 6) is 0. The van der Waals surface area contributed by atoms with Gasteiger partial charge in [-0.15, -0.1) is 0 Å². The first-order valence-corrected chi connectivity index (χ1v) is 10.9. The lowest BCUT2D eigenvalue weighted by atomic mass is 10.2. The Morgan fingerprint density at radius 3 is 2.29 bits per heavy atom. The van der Waals surface area contributed by atoms with Crippen LogP contribution >= 0.6 is 0 Å². The van der Waals surface area contributed by atoms with Gasteiger partial charge in [0, 0.05) is 38.4 Å². The number of benzene rings is 1. The minimum atomic E-state index is -3.35. The van der Waals surface area contributed by atoms with Gasteiger partial charge < -0.3 is 19.9 Å². The van der Waals surface area contributed by atoms with Gasteiger partial charge in [-0.25, -0.2) is 18.0 Å². The summed E-state index contributed by atoms with van der Waals surface area (Å²) in [7, 11) is -3.35. The summed E-state index contributed by atoms with van der Waals surface area (Å²) in [6, 6.07) is 6.60. The molecular formula is C18H28N4O5S. The van der Waals surface area contributed by atoms with Gasteiger partial charge in [0.1, 0.15) is 5.60 Å². The maximum absolute atomic E-state index is 12.4. The zero-order valence-corrected chi connectivity index (χ0v) is 17.5. The number of nitrogens with zero attached hydrogens (tertiary/aromatic N) is 2. The molecule has 0 spiro atoms. The summed E-state index contributed by atoms with van der Waals surface area (Å²) in [6.07, 6.45) is 0.709. The summed E-state index contributed by atoms with van der Waals surface area (Å²) in [5, 5.41) is 2.82. The molecule has 0 aromatic heterocycles. The third kappa shape index (κ3) is 7.26. The summed E-state index contributed by atoms with van der Waals surface area (Å²) in [6.45, 7) is 7.37. The molecule has 9 nitrogen and oxygen atoms in total. The van der Waals surface area contributed by atoms with E-state index in [1.54, 1.807) is 34.1 Å². The van der Waals surface area contributed by atoms with Gasteiger partial charge in [0.15, 0.2) is 0 Å². The Hall–Kier alpha value is -2.49. The van der Waals surface area contributed by atoms with Crippen LogP contribution in [0.4, 0.5) is 15.3 Å². The van der Waals surface area contributed by atoms with E-state index in [0.717, 1.165) is 11.8 Å². The Bertz CT molecular complexity index is 812. The molecule has 1 fully saturated rings. The molecule has 0 atom stereocenters. The SMILES string of the molecule is CC(C)(C)OC(=O)N1CCN(C(=O)NCc2cccc(NS(C)(=O)=O)c2)CC1. The van der Waals surface area contributed by atoms with Gasteiger partial charge in [-0.3, -0.25) is 4.72 Å². The van der Waals surface area contributed by atoms with E-state index in [9.17, 15) is 18.0 Å². The predicted octanol–water partition coefficient (Wildman–Crippen LogP) is 1.82. The smallest absolute Gasteiger partial charge is 0.410 e. The third-order valence-corrected chi connectivity index (χ3v) is 4.50. The number of urea groups is 1. The Kier molecular flexibility index (Phi) is 6.76. The Morgan fingerprint density at radius 1 is 1.11 bits per heavy atom. The van der Waals surface area contributed by atoms with E-state index >= 15 is 0 Å². The number of carbonyl (C=O) groups excluding carboxylic acids is 2. The highest BCUT2D eigenvalue weighted by Crippen LogP contribution is 2.13. The van der Waals surface area contributed by atoms with Crippen molar-refractivity contribution in [3.05, 3.63) is 29.8 Å². The number of ether oxygens (including phenoxy) is 1. The molecule has 0 bridgehead atoms. The highest BCUT2D eigenvalue weighted by Gasteiger charge is 2.27. The molecule has 156 valence electrons. The number of amides is 3. The monoisotopic (exact) mass is 412 g/mol. The molecule has 10 heteroatoms. The molecule has 28 heavy (non-hydrogen) atoms. The van der Waals surface area contributed by atoms with Crippen molar-refractivity contribution in [2.24, 2.45) is 0 Å². The molecule has 2 rings (SSSR count). The number of rotatable bonds is 4. The van der Waals surface area contributed by atoms with Crippen LogP contribution in [-0.4, -0.2) is 68.4 Å². The van der Waals surface area contributed by atoms with Crippen molar-refractivity contribution in [2.75, 3.05) is 37.2 Å². The number of carbonyl (C=O) groups is 2. The number of sulfonamides is 1. The van der Waals surface area contributed by atoms with Gasteiger partial charge in [-0.2, -0.15) is 0 Å². The van der Waals surface area contributed by atoms with E-state index in [2.05, 4.69) is 10.0 Å². The van der Waals surface area contributed by atoms with Crippen molar-refractivity contribution in [3.8, 4) is 0 Å². The van der Waals surface area contributed by atoms with Crippen LogP contribution in [0.1, 0.15) is 26.3 Å². The molecule has 1 aliphatic heterocycles. The largest absolute Gasteiger partial charge is 0.444 e. The Balaban J connectivity index is 1.82.